The van der Waals surface area contributed by atoms with Crippen LogP contribution in [0.15, 0.2) is 24.3 Å². The maximum Gasteiger partial charge on any atom is 0.317 e. The van der Waals surface area contributed by atoms with Gasteiger partial charge >= 0.3 is 12.0 Å². The molecule has 1 aliphatic heterocycles. The number of benzene rings is 1. The number of carboxylic acids is 1. The summed E-state index contributed by atoms with van der Waals surface area (Å²) in [4.78, 5) is 24.5. The van der Waals surface area contributed by atoms with Gasteiger partial charge in [0.15, 0.2) is 0 Å². The summed E-state index contributed by atoms with van der Waals surface area (Å²) in [5, 5.41) is 12.4. The molecule has 0 bridgehead atoms. The van der Waals surface area contributed by atoms with Gasteiger partial charge in [-0.05, 0) is 25.0 Å². The first-order chi connectivity index (χ1) is 9.49. The Morgan fingerprint density at radius 1 is 1.45 bits per heavy atom. The van der Waals surface area contributed by atoms with Crippen molar-refractivity contribution in [2.75, 3.05) is 13.1 Å². The molecule has 5 nitrogen and oxygen atoms in total. The van der Waals surface area contributed by atoms with Gasteiger partial charge in [-0.3, -0.25) is 4.79 Å². The molecule has 2 atom stereocenters. The lowest BCUT2D eigenvalue weighted by Crippen LogP contribution is -2.40. The van der Waals surface area contributed by atoms with Crippen molar-refractivity contribution in [3.05, 3.63) is 34.9 Å². The predicted molar refractivity (Wildman–Crippen MR) is 75.7 cm³/mol. The van der Waals surface area contributed by atoms with Crippen molar-refractivity contribution in [3.63, 3.8) is 0 Å². The maximum absolute atomic E-state index is 12.1. The van der Waals surface area contributed by atoms with Crippen LogP contribution in [0.25, 0.3) is 0 Å². The Morgan fingerprint density at radius 2 is 2.15 bits per heavy atom. The number of hydrogen-bond donors (Lipinski definition) is 2. The van der Waals surface area contributed by atoms with Crippen LogP contribution in [-0.2, 0) is 4.79 Å². The highest BCUT2D eigenvalue weighted by Gasteiger charge is 2.31. The van der Waals surface area contributed by atoms with E-state index in [-0.39, 0.29) is 18.6 Å². The van der Waals surface area contributed by atoms with Crippen molar-refractivity contribution in [1.82, 2.24) is 10.2 Å². The summed E-state index contributed by atoms with van der Waals surface area (Å²) in [7, 11) is 0. The van der Waals surface area contributed by atoms with Gasteiger partial charge in [0.1, 0.15) is 0 Å². The van der Waals surface area contributed by atoms with E-state index in [1.165, 1.54) is 4.90 Å². The van der Waals surface area contributed by atoms with E-state index in [4.69, 9.17) is 16.7 Å². The molecule has 2 N–H and O–H groups in total. The molecule has 0 aliphatic carbocycles. The molecule has 1 heterocycles. The Bertz CT molecular complexity index is 521. The smallest absolute Gasteiger partial charge is 0.317 e. The predicted octanol–water partition coefficient (Wildman–Crippen LogP) is 2.52. The average Bonchev–Trinajstić information content (AvgIpc) is 2.88. The molecule has 1 aliphatic rings. The summed E-state index contributed by atoms with van der Waals surface area (Å²) in [6, 6.07) is 6.85. The number of halogens is 1. The number of likely N-dealkylation sites (tertiary alicyclic amines) is 1. The summed E-state index contributed by atoms with van der Waals surface area (Å²) < 4.78 is 0. The summed E-state index contributed by atoms with van der Waals surface area (Å²) in [6.07, 6.45) is 0.503. The van der Waals surface area contributed by atoms with Crippen molar-refractivity contribution >= 4 is 23.6 Å². The van der Waals surface area contributed by atoms with Crippen molar-refractivity contribution in [2.24, 2.45) is 5.92 Å². The highest BCUT2D eigenvalue weighted by atomic mass is 35.5. The first kappa shape index (κ1) is 14.7. The number of aliphatic carboxylic acids is 1. The van der Waals surface area contributed by atoms with Crippen LogP contribution >= 0.6 is 11.6 Å². The molecule has 0 aromatic heterocycles. The fourth-order valence-corrected chi connectivity index (χ4v) is 2.63. The second kappa shape index (κ2) is 6.13. The zero-order valence-electron chi connectivity index (χ0n) is 11.2. The molecule has 0 radical (unpaired) electrons. The second-order valence-corrected chi connectivity index (χ2v) is 5.37. The van der Waals surface area contributed by atoms with Crippen LogP contribution in [0.5, 0.6) is 0 Å². The third-order valence-corrected chi connectivity index (χ3v) is 3.88. The number of carbonyl (C=O) groups excluding carboxylic acids is 1. The highest BCUT2D eigenvalue weighted by molar-refractivity contribution is 6.31. The average molecular weight is 297 g/mol. The van der Waals surface area contributed by atoms with Crippen LogP contribution in [-0.4, -0.2) is 35.1 Å². The molecule has 1 fully saturated rings. The molecular formula is C14H17ClN2O3. The number of rotatable bonds is 3. The van der Waals surface area contributed by atoms with Crippen LogP contribution in [0.1, 0.15) is 24.9 Å². The molecule has 1 saturated heterocycles. The summed E-state index contributed by atoms with van der Waals surface area (Å²) >= 11 is 6.08. The van der Waals surface area contributed by atoms with Gasteiger partial charge in [0, 0.05) is 18.1 Å². The summed E-state index contributed by atoms with van der Waals surface area (Å²) in [5.41, 5.74) is 0.844. The van der Waals surface area contributed by atoms with Crippen molar-refractivity contribution < 1.29 is 14.7 Å². The molecule has 0 saturated carbocycles. The van der Waals surface area contributed by atoms with E-state index in [0.29, 0.717) is 18.0 Å². The zero-order valence-corrected chi connectivity index (χ0v) is 11.9. The number of carbonyl (C=O) groups is 2. The van der Waals surface area contributed by atoms with Crippen molar-refractivity contribution in [2.45, 2.75) is 19.4 Å². The van der Waals surface area contributed by atoms with Crippen molar-refractivity contribution in [1.29, 1.82) is 0 Å². The topological polar surface area (TPSA) is 69.6 Å². The minimum absolute atomic E-state index is 0.222. The lowest BCUT2D eigenvalue weighted by molar-refractivity contribution is -0.141. The third-order valence-electron chi connectivity index (χ3n) is 3.54. The number of amides is 2. The Balaban J connectivity index is 1.95. The number of nitrogens with zero attached hydrogens (tertiary/aromatic N) is 1. The number of nitrogens with one attached hydrogen (secondary N) is 1. The lowest BCUT2D eigenvalue weighted by Gasteiger charge is -2.21. The Morgan fingerprint density at radius 3 is 2.75 bits per heavy atom. The molecule has 6 heteroatoms. The molecule has 108 valence electrons. The molecule has 20 heavy (non-hydrogen) atoms. The van der Waals surface area contributed by atoms with E-state index >= 15 is 0 Å². The van der Waals surface area contributed by atoms with Gasteiger partial charge in [0.25, 0.3) is 0 Å². The van der Waals surface area contributed by atoms with E-state index in [1.807, 2.05) is 25.1 Å². The third kappa shape index (κ3) is 3.22. The second-order valence-electron chi connectivity index (χ2n) is 4.96. The van der Waals surface area contributed by atoms with Gasteiger partial charge in [-0.15, -0.1) is 0 Å². The quantitative estimate of drug-likeness (QED) is 0.900. The zero-order chi connectivity index (χ0) is 14.7. The summed E-state index contributed by atoms with van der Waals surface area (Å²) in [6.45, 7) is 2.58. The maximum atomic E-state index is 12.1. The highest BCUT2D eigenvalue weighted by Crippen LogP contribution is 2.23. The molecule has 1 unspecified atom stereocenters. The number of hydrogen-bond acceptors (Lipinski definition) is 2. The first-order valence-electron chi connectivity index (χ1n) is 6.51. The van der Waals surface area contributed by atoms with E-state index in [2.05, 4.69) is 5.32 Å². The molecule has 1 aromatic rings. The van der Waals surface area contributed by atoms with Crippen LogP contribution in [0.4, 0.5) is 4.79 Å². The first-order valence-corrected chi connectivity index (χ1v) is 6.89. The van der Waals surface area contributed by atoms with E-state index in [9.17, 15) is 9.59 Å². The summed E-state index contributed by atoms with van der Waals surface area (Å²) in [5.74, 6) is -1.31. The van der Waals surface area contributed by atoms with Gasteiger partial charge in [-0.1, -0.05) is 29.8 Å². The Labute approximate surface area is 122 Å². The van der Waals surface area contributed by atoms with Crippen molar-refractivity contribution in [3.8, 4) is 0 Å². The molecular weight excluding hydrogens is 280 g/mol. The number of carboxylic acid groups (broad SMARTS) is 1. The van der Waals surface area contributed by atoms with E-state index in [1.54, 1.807) is 6.07 Å². The standard InChI is InChI=1S/C14H17ClN2O3/c1-9(11-4-2-3-5-12(11)15)16-14(20)17-7-6-10(8-17)13(18)19/h2-5,9-10H,6-8H2,1H3,(H,16,20)(H,18,19)/t9-,10?/m1/s1. The minimum atomic E-state index is -0.848. The molecule has 0 spiro atoms. The largest absolute Gasteiger partial charge is 0.481 e. The Hall–Kier alpha value is -1.75. The van der Waals surface area contributed by atoms with Gasteiger partial charge < -0.3 is 15.3 Å². The monoisotopic (exact) mass is 296 g/mol. The fourth-order valence-electron chi connectivity index (χ4n) is 2.33. The SMILES string of the molecule is C[C@@H](NC(=O)N1CCC(C(=O)O)C1)c1ccccc1Cl. The van der Waals surface area contributed by atoms with Gasteiger partial charge in [0.05, 0.1) is 12.0 Å². The van der Waals surface area contributed by atoms with Gasteiger partial charge in [-0.25, -0.2) is 4.79 Å². The molecule has 1 aromatic carbocycles. The Kier molecular flexibility index (Phi) is 4.49. The van der Waals surface area contributed by atoms with Crippen LogP contribution in [0.2, 0.25) is 5.02 Å². The van der Waals surface area contributed by atoms with E-state index in [0.717, 1.165) is 5.56 Å². The minimum Gasteiger partial charge on any atom is -0.481 e. The van der Waals surface area contributed by atoms with Gasteiger partial charge in [-0.2, -0.15) is 0 Å². The van der Waals surface area contributed by atoms with Crippen LogP contribution < -0.4 is 5.32 Å². The van der Waals surface area contributed by atoms with E-state index < -0.39 is 11.9 Å². The van der Waals surface area contributed by atoms with Crippen LogP contribution in [0.3, 0.4) is 0 Å². The van der Waals surface area contributed by atoms with Crippen LogP contribution in [0, 0.1) is 5.92 Å². The molecule has 2 amide bonds. The molecule has 2 rings (SSSR count). The number of urea groups is 1. The lowest BCUT2D eigenvalue weighted by atomic mass is 10.1. The fraction of sp³-hybridized carbons (Fsp3) is 0.429. The van der Waals surface area contributed by atoms with Gasteiger partial charge in [0.2, 0.25) is 0 Å². The normalized spacial score (nSPS) is 19.7.